The first-order chi connectivity index (χ1) is 7.81. The smallest absolute Gasteiger partial charge is 0.127 e. The van der Waals surface area contributed by atoms with Crippen LogP contribution >= 0.6 is 0 Å². The van der Waals surface area contributed by atoms with Crippen molar-refractivity contribution in [3.05, 3.63) is 48.5 Å². The monoisotopic (exact) mass is 213 g/mol. The van der Waals surface area contributed by atoms with Gasteiger partial charge < -0.3 is 9.84 Å². The summed E-state index contributed by atoms with van der Waals surface area (Å²) in [7, 11) is 0. The minimum Gasteiger partial charge on any atom is -0.508 e. The Hall–Kier alpha value is -1.96. The maximum atomic E-state index is 9.21. The Morgan fingerprint density at radius 1 is 1.19 bits per heavy atom. The van der Waals surface area contributed by atoms with Crippen LogP contribution in [0.4, 0.5) is 0 Å². The van der Waals surface area contributed by atoms with Gasteiger partial charge >= 0.3 is 0 Å². The van der Waals surface area contributed by atoms with Crippen molar-refractivity contribution < 1.29 is 9.84 Å². The van der Waals surface area contributed by atoms with Gasteiger partial charge in [-0.1, -0.05) is 18.2 Å². The average molecular weight is 213 g/mol. The van der Waals surface area contributed by atoms with Gasteiger partial charge in [0.1, 0.15) is 11.5 Å². The third-order valence-electron chi connectivity index (χ3n) is 2.27. The van der Waals surface area contributed by atoms with E-state index in [0.29, 0.717) is 6.61 Å². The molecule has 0 saturated carbocycles. The van der Waals surface area contributed by atoms with Crippen molar-refractivity contribution in [3.8, 4) is 22.6 Å². The number of hydrogen-bond acceptors (Lipinski definition) is 2. The Balaban J connectivity index is 2.42. The third kappa shape index (κ3) is 2.16. The molecule has 0 aliphatic carbocycles. The van der Waals surface area contributed by atoms with Crippen LogP contribution in [0.3, 0.4) is 0 Å². The van der Waals surface area contributed by atoms with Crippen LogP contribution in [0.5, 0.6) is 11.5 Å². The first-order valence-electron chi connectivity index (χ1n) is 5.24. The molecule has 81 valence electrons. The van der Waals surface area contributed by atoms with Crippen LogP contribution in [0.25, 0.3) is 11.1 Å². The first-order valence-corrected chi connectivity index (χ1v) is 5.24. The van der Waals surface area contributed by atoms with Gasteiger partial charge in [-0.05, 0) is 42.8 Å². The van der Waals surface area contributed by atoms with E-state index in [1.807, 2.05) is 37.3 Å². The zero-order valence-electron chi connectivity index (χ0n) is 9.10. The van der Waals surface area contributed by atoms with E-state index in [0.717, 1.165) is 16.9 Å². The number of para-hydroxylation sites is 1. The highest BCUT2D eigenvalue weighted by Crippen LogP contribution is 2.30. The van der Waals surface area contributed by atoms with Gasteiger partial charge in [0.05, 0.1) is 6.61 Å². The van der Waals surface area contributed by atoms with Crippen LogP contribution < -0.4 is 4.74 Å². The van der Waals surface area contributed by atoms with Crippen molar-refractivity contribution in [2.24, 2.45) is 0 Å². The quantitative estimate of drug-likeness (QED) is 0.848. The number of rotatable bonds is 3. The predicted molar refractivity (Wildman–Crippen MR) is 63.5 cm³/mol. The third-order valence-corrected chi connectivity index (χ3v) is 2.27. The van der Waals surface area contributed by atoms with Gasteiger partial charge in [0.15, 0.2) is 0 Å². The van der Waals surface area contributed by atoms with Gasteiger partial charge in [-0.15, -0.1) is 0 Å². The summed E-state index contributed by atoms with van der Waals surface area (Å²) in [5.41, 5.74) is 1.91. The number of benzene rings is 2. The summed E-state index contributed by atoms with van der Waals surface area (Å²) in [5.74, 6) is 1.06. The van der Waals surface area contributed by atoms with E-state index >= 15 is 0 Å². The molecule has 0 amide bonds. The van der Waals surface area contributed by atoms with Crippen LogP contribution in [0, 0.1) is 6.07 Å². The fraction of sp³-hybridized carbons (Fsp3) is 0.143. The van der Waals surface area contributed by atoms with E-state index < -0.39 is 0 Å². The molecule has 0 fully saturated rings. The van der Waals surface area contributed by atoms with Crippen molar-refractivity contribution in [1.82, 2.24) is 0 Å². The molecule has 0 spiro atoms. The van der Waals surface area contributed by atoms with Crippen LogP contribution in [0.15, 0.2) is 42.5 Å². The van der Waals surface area contributed by atoms with Gasteiger partial charge in [-0.2, -0.15) is 0 Å². The van der Waals surface area contributed by atoms with Crippen molar-refractivity contribution in [3.63, 3.8) is 0 Å². The van der Waals surface area contributed by atoms with Crippen molar-refractivity contribution in [2.75, 3.05) is 6.61 Å². The average Bonchev–Trinajstić information content (AvgIpc) is 2.32. The van der Waals surface area contributed by atoms with Gasteiger partial charge in [-0.3, -0.25) is 0 Å². The highest BCUT2D eigenvalue weighted by Gasteiger charge is 2.04. The standard InChI is InChI=1S/C14H13O2/c1-2-16-14-6-4-3-5-13(14)11-7-9-12(15)10-8-11/h3-7,9-10,15H,2H2,1H3. The topological polar surface area (TPSA) is 29.5 Å². The van der Waals surface area contributed by atoms with E-state index in [-0.39, 0.29) is 5.75 Å². The molecule has 1 N–H and O–H groups in total. The highest BCUT2D eigenvalue weighted by atomic mass is 16.5. The molecule has 0 heterocycles. The fourth-order valence-electron chi connectivity index (χ4n) is 1.55. The summed E-state index contributed by atoms with van der Waals surface area (Å²) in [6.07, 6.45) is 0. The molecule has 0 aliphatic rings. The van der Waals surface area contributed by atoms with Gasteiger partial charge in [-0.25, -0.2) is 0 Å². The SMILES string of the molecule is CCOc1ccccc1-c1[c]cc(O)cc1. The second-order valence-electron chi connectivity index (χ2n) is 3.39. The van der Waals surface area contributed by atoms with Crippen LogP contribution in [0.1, 0.15) is 6.92 Å². The Morgan fingerprint density at radius 2 is 2.00 bits per heavy atom. The van der Waals surface area contributed by atoms with Crippen molar-refractivity contribution >= 4 is 0 Å². The zero-order chi connectivity index (χ0) is 11.4. The predicted octanol–water partition coefficient (Wildman–Crippen LogP) is 3.26. The molecule has 2 nitrogen and oxygen atoms in total. The number of ether oxygens (including phenoxy) is 1. The zero-order valence-corrected chi connectivity index (χ0v) is 9.10. The molecule has 2 aromatic carbocycles. The molecule has 1 radical (unpaired) electrons. The Labute approximate surface area is 95.1 Å². The van der Waals surface area contributed by atoms with E-state index in [2.05, 4.69) is 6.07 Å². The maximum Gasteiger partial charge on any atom is 0.127 e. The van der Waals surface area contributed by atoms with Crippen molar-refractivity contribution in [2.45, 2.75) is 6.92 Å². The normalized spacial score (nSPS) is 10.1. The molecule has 0 bridgehead atoms. The fourth-order valence-corrected chi connectivity index (χ4v) is 1.55. The maximum absolute atomic E-state index is 9.21. The molecule has 0 unspecified atom stereocenters. The van der Waals surface area contributed by atoms with Gasteiger partial charge in [0.25, 0.3) is 0 Å². The van der Waals surface area contributed by atoms with Gasteiger partial charge in [0, 0.05) is 5.56 Å². The number of aromatic hydroxyl groups is 1. The molecule has 0 aliphatic heterocycles. The lowest BCUT2D eigenvalue weighted by Crippen LogP contribution is -1.93. The van der Waals surface area contributed by atoms with E-state index in [1.165, 1.54) is 0 Å². The second-order valence-corrected chi connectivity index (χ2v) is 3.39. The molecule has 0 aromatic heterocycles. The van der Waals surface area contributed by atoms with E-state index in [1.54, 1.807) is 12.1 Å². The minimum atomic E-state index is 0.220. The largest absolute Gasteiger partial charge is 0.508 e. The summed E-state index contributed by atoms with van der Waals surface area (Å²) in [5, 5.41) is 9.21. The van der Waals surface area contributed by atoms with Crippen molar-refractivity contribution in [1.29, 1.82) is 0 Å². The first kappa shape index (κ1) is 10.6. The molecule has 2 aromatic rings. The highest BCUT2D eigenvalue weighted by molar-refractivity contribution is 5.70. The van der Waals surface area contributed by atoms with E-state index in [4.69, 9.17) is 4.74 Å². The molecule has 0 atom stereocenters. The summed E-state index contributed by atoms with van der Waals surface area (Å²) in [4.78, 5) is 0. The second kappa shape index (κ2) is 4.71. The molecule has 2 heteroatoms. The van der Waals surface area contributed by atoms with E-state index in [9.17, 15) is 5.11 Å². The van der Waals surface area contributed by atoms with Crippen LogP contribution in [-0.2, 0) is 0 Å². The Morgan fingerprint density at radius 3 is 2.69 bits per heavy atom. The Bertz CT molecular complexity index is 460. The van der Waals surface area contributed by atoms with Crippen LogP contribution in [0.2, 0.25) is 0 Å². The summed E-state index contributed by atoms with van der Waals surface area (Å²) >= 11 is 0. The molecule has 2 rings (SSSR count). The lowest BCUT2D eigenvalue weighted by atomic mass is 10.0. The molecule has 16 heavy (non-hydrogen) atoms. The molecular formula is C14H13O2. The molecule has 0 saturated heterocycles. The lowest BCUT2D eigenvalue weighted by molar-refractivity contribution is 0.341. The number of phenolic OH excluding ortho intramolecular Hbond substituents is 1. The molecular weight excluding hydrogens is 200 g/mol. The summed E-state index contributed by atoms with van der Waals surface area (Å²) in [6.45, 7) is 2.59. The van der Waals surface area contributed by atoms with Gasteiger partial charge in [0.2, 0.25) is 0 Å². The Kier molecular flexibility index (Phi) is 3.10. The lowest BCUT2D eigenvalue weighted by Gasteiger charge is -2.09. The summed E-state index contributed by atoms with van der Waals surface area (Å²) in [6, 6.07) is 15.9. The minimum absolute atomic E-state index is 0.220. The number of phenols is 1. The van der Waals surface area contributed by atoms with Crippen LogP contribution in [-0.4, -0.2) is 11.7 Å². The summed E-state index contributed by atoms with van der Waals surface area (Å²) < 4.78 is 5.54. The number of hydrogen-bond donors (Lipinski definition) is 1.